The van der Waals surface area contributed by atoms with Crippen LogP contribution in [0.15, 0.2) is 53.9 Å². The summed E-state index contributed by atoms with van der Waals surface area (Å²) in [5.74, 6) is 0.539. The van der Waals surface area contributed by atoms with E-state index < -0.39 is 9.84 Å². The second kappa shape index (κ2) is 4.17. The van der Waals surface area contributed by atoms with E-state index in [1.54, 1.807) is 6.07 Å². The molecule has 0 atom stereocenters. The van der Waals surface area contributed by atoms with Crippen LogP contribution in [0.2, 0.25) is 0 Å². The molecule has 1 aromatic carbocycles. The molecule has 5 nitrogen and oxygen atoms in total. The van der Waals surface area contributed by atoms with E-state index >= 15 is 0 Å². The molecule has 6 heteroatoms. The van der Waals surface area contributed by atoms with Gasteiger partial charge in [-0.15, -0.1) is 0 Å². The molecule has 0 N–H and O–H groups in total. The van der Waals surface area contributed by atoms with Crippen molar-refractivity contribution in [1.82, 2.24) is 14.5 Å². The van der Waals surface area contributed by atoms with Crippen LogP contribution in [0, 0.1) is 0 Å². The summed E-state index contributed by atoms with van der Waals surface area (Å²) >= 11 is 0. The highest BCUT2D eigenvalue weighted by molar-refractivity contribution is 7.90. The number of hydrogen-bond donors (Lipinski definition) is 0. The molecule has 0 unspecified atom stereocenters. The molecule has 0 aliphatic rings. The molecule has 0 bridgehead atoms. The quantitative estimate of drug-likeness (QED) is 0.668. The Labute approximate surface area is 110 Å². The summed E-state index contributed by atoms with van der Waals surface area (Å²) in [6.07, 6.45) is 4.41. The average Bonchev–Trinajstić information content (AvgIpc) is 2.82. The summed E-state index contributed by atoms with van der Waals surface area (Å²) < 4.78 is 24.8. The van der Waals surface area contributed by atoms with Gasteiger partial charge in [0.15, 0.2) is 0 Å². The third kappa shape index (κ3) is 2.10. The summed E-state index contributed by atoms with van der Waals surface area (Å²) in [4.78, 5) is 7.89. The van der Waals surface area contributed by atoms with Crippen LogP contribution in [0.25, 0.3) is 16.7 Å². The molecule has 0 saturated heterocycles. The number of para-hydroxylation sites is 1. The van der Waals surface area contributed by atoms with Crippen molar-refractivity contribution in [2.24, 2.45) is 0 Å². The molecule has 3 rings (SSSR count). The van der Waals surface area contributed by atoms with Crippen molar-refractivity contribution in [3.05, 3.63) is 48.8 Å². The maximum absolute atomic E-state index is 11.5. The van der Waals surface area contributed by atoms with Crippen molar-refractivity contribution < 1.29 is 8.42 Å². The standard InChI is InChI=1S/C13H11N3O2S/c1-19(17,18)13-14-8-6-12(15-13)16-9-7-10-4-2-3-5-11(10)16/h2-9H,1H3. The van der Waals surface area contributed by atoms with Gasteiger partial charge in [0.05, 0.1) is 5.52 Å². The van der Waals surface area contributed by atoms with E-state index in [0.717, 1.165) is 17.2 Å². The fraction of sp³-hybridized carbons (Fsp3) is 0.0769. The van der Waals surface area contributed by atoms with Gasteiger partial charge in [-0.2, -0.15) is 0 Å². The van der Waals surface area contributed by atoms with Crippen molar-refractivity contribution in [3.8, 4) is 5.82 Å². The summed E-state index contributed by atoms with van der Waals surface area (Å²) in [6, 6.07) is 11.5. The summed E-state index contributed by atoms with van der Waals surface area (Å²) in [5.41, 5.74) is 0.973. The van der Waals surface area contributed by atoms with Crippen molar-refractivity contribution in [2.45, 2.75) is 5.16 Å². The highest BCUT2D eigenvalue weighted by atomic mass is 32.2. The minimum Gasteiger partial charge on any atom is -0.301 e. The third-order valence-electron chi connectivity index (χ3n) is 2.80. The minimum absolute atomic E-state index is 0.164. The third-order valence-corrected chi connectivity index (χ3v) is 3.66. The first-order valence-electron chi connectivity index (χ1n) is 5.65. The Bertz CT molecular complexity index is 853. The molecular formula is C13H11N3O2S. The maximum Gasteiger partial charge on any atom is 0.248 e. The van der Waals surface area contributed by atoms with Gasteiger partial charge in [-0.25, -0.2) is 18.4 Å². The lowest BCUT2D eigenvalue weighted by molar-refractivity contribution is 0.592. The normalized spacial score (nSPS) is 11.8. The van der Waals surface area contributed by atoms with E-state index in [1.807, 2.05) is 41.1 Å². The number of fused-ring (bicyclic) bond motifs is 1. The molecule has 0 aliphatic carbocycles. The molecule has 0 fully saturated rings. The largest absolute Gasteiger partial charge is 0.301 e. The van der Waals surface area contributed by atoms with Gasteiger partial charge in [-0.1, -0.05) is 18.2 Å². The number of aromatic nitrogens is 3. The van der Waals surface area contributed by atoms with Crippen molar-refractivity contribution in [2.75, 3.05) is 6.26 Å². The Hall–Kier alpha value is -2.21. The molecule has 2 heterocycles. The molecule has 2 aromatic heterocycles. The Kier molecular flexibility index (Phi) is 2.60. The predicted octanol–water partition coefficient (Wildman–Crippen LogP) is 1.82. The Morgan fingerprint density at radius 2 is 1.89 bits per heavy atom. The average molecular weight is 273 g/mol. The molecule has 0 amide bonds. The number of nitrogens with zero attached hydrogens (tertiary/aromatic N) is 3. The SMILES string of the molecule is CS(=O)(=O)c1nccc(-n2ccc3ccccc32)n1. The molecule has 0 aliphatic heterocycles. The van der Waals surface area contributed by atoms with Crippen LogP contribution in [0.5, 0.6) is 0 Å². The van der Waals surface area contributed by atoms with Crippen LogP contribution in [0.1, 0.15) is 0 Å². The van der Waals surface area contributed by atoms with Gasteiger partial charge in [-0.05, 0) is 23.6 Å². The van der Waals surface area contributed by atoms with E-state index in [9.17, 15) is 8.42 Å². The first-order valence-corrected chi connectivity index (χ1v) is 7.54. The van der Waals surface area contributed by atoms with Crippen molar-refractivity contribution in [1.29, 1.82) is 0 Å². The van der Waals surface area contributed by atoms with Crippen LogP contribution in [-0.2, 0) is 9.84 Å². The van der Waals surface area contributed by atoms with Gasteiger partial charge in [0.2, 0.25) is 15.0 Å². The number of hydrogen-bond acceptors (Lipinski definition) is 4. The monoisotopic (exact) mass is 273 g/mol. The van der Waals surface area contributed by atoms with Crippen LogP contribution in [0.3, 0.4) is 0 Å². The summed E-state index contributed by atoms with van der Waals surface area (Å²) in [6.45, 7) is 0. The van der Waals surface area contributed by atoms with Gasteiger partial charge in [0.25, 0.3) is 0 Å². The number of benzene rings is 1. The first-order chi connectivity index (χ1) is 9.05. The van der Waals surface area contributed by atoms with Gasteiger partial charge in [0, 0.05) is 18.6 Å². The fourth-order valence-corrected chi connectivity index (χ4v) is 2.44. The second-order valence-electron chi connectivity index (χ2n) is 4.21. The topological polar surface area (TPSA) is 64.8 Å². The number of rotatable bonds is 2. The van der Waals surface area contributed by atoms with E-state index in [4.69, 9.17) is 0 Å². The summed E-state index contributed by atoms with van der Waals surface area (Å²) in [7, 11) is -3.41. The number of sulfone groups is 1. The van der Waals surface area contributed by atoms with Crippen molar-refractivity contribution >= 4 is 20.7 Å². The molecule has 0 spiro atoms. The molecule has 0 radical (unpaired) electrons. The highest BCUT2D eigenvalue weighted by Crippen LogP contribution is 2.19. The van der Waals surface area contributed by atoms with Crippen LogP contribution in [0.4, 0.5) is 0 Å². The van der Waals surface area contributed by atoms with Gasteiger partial charge < -0.3 is 4.57 Å². The van der Waals surface area contributed by atoms with E-state index in [0.29, 0.717) is 5.82 Å². The molecule has 3 aromatic rings. The van der Waals surface area contributed by atoms with E-state index in [1.165, 1.54) is 6.20 Å². The van der Waals surface area contributed by atoms with E-state index in [2.05, 4.69) is 9.97 Å². The van der Waals surface area contributed by atoms with Gasteiger partial charge >= 0.3 is 0 Å². The smallest absolute Gasteiger partial charge is 0.248 e. The zero-order chi connectivity index (χ0) is 13.5. The van der Waals surface area contributed by atoms with Crippen LogP contribution < -0.4 is 0 Å². The fourth-order valence-electron chi connectivity index (χ4n) is 1.93. The Morgan fingerprint density at radius 3 is 2.68 bits per heavy atom. The lowest BCUT2D eigenvalue weighted by Crippen LogP contribution is -2.06. The molecular weight excluding hydrogens is 262 g/mol. The Morgan fingerprint density at radius 1 is 1.11 bits per heavy atom. The molecule has 0 saturated carbocycles. The lowest BCUT2D eigenvalue weighted by Gasteiger charge is -2.05. The molecule has 96 valence electrons. The predicted molar refractivity (Wildman–Crippen MR) is 72.0 cm³/mol. The maximum atomic E-state index is 11.5. The zero-order valence-electron chi connectivity index (χ0n) is 10.2. The van der Waals surface area contributed by atoms with Crippen LogP contribution >= 0.6 is 0 Å². The highest BCUT2D eigenvalue weighted by Gasteiger charge is 2.12. The van der Waals surface area contributed by atoms with Crippen molar-refractivity contribution in [3.63, 3.8) is 0 Å². The Balaban J connectivity index is 2.22. The van der Waals surface area contributed by atoms with Gasteiger partial charge in [0.1, 0.15) is 5.82 Å². The van der Waals surface area contributed by atoms with Gasteiger partial charge in [-0.3, -0.25) is 0 Å². The second-order valence-corrected chi connectivity index (χ2v) is 6.12. The minimum atomic E-state index is -3.41. The van der Waals surface area contributed by atoms with Crippen LogP contribution in [-0.4, -0.2) is 29.2 Å². The molecule has 19 heavy (non-hydrogen) atoms. The zero-order valence-corrected chi connectivity index (χ0v) is 11.0. The lowest BCUT2D eigenvalue weighted by atomic mass is 10.2. The first kappa shape index (κ1) is 11.9. The van der Waals surface area contributed by atoms with E-state index in [-0.39, 0.29) is 5.16 Å². The summed E-state index contributed by atoms with van der Waals surface area (Å²) in [5, 5.41) is 0.907.